The Morgan fingerprint density at radius 3 is 2.24 bits per heavy atom. The van der Waals surface area contributed by atoms with Gasteiger partial charge in [0.25, 0.3) is 0 Å². The maximum Gasteiger partial charge on any atom is 0.161 e. The minimum absolute atomic E-state index is 0. The first kappa shape index (κ1) is 27.8. The summed E-state index contributed by atoms with van der Waals surface area (Å²) in [6.45, 7) is 8.73. The minimum Gasteiger partial charge on any atom is -0.493 e. The molecule has 0 spiro atoms. The summed E-state index contributed by atoms with van der Waals surface area (Å²) >= 11 is 0. The molecule has 6 heteroatoms. The Morgan fingerprint density at radius 1 is 0.970 bits per heavy atom. The van der Waals surface area contributed by atoms with Crippen molar-refractivity contribution in [2.45, 2.75) is 51.6 Å². The Labute approximate surface area is 211 Å². The van der Waals surface area contributed by atoms with E-state index < -0.39 is 0 Å². The summed E-state index contributed by atoms with van der Waals surface area (Å²) in [7, 11) is 3.41. The molecule has 1 fully saturated rings. The summed E-state index contributed by atoms with van der Waals surface area (Å²) < 4.78 is 17.7. The van der Waals surface area contributed by atoms with Crippen molar-refractivity contribution in [3.8, 4) is 11.5 Å². The van der Waals surface area contributed by atoms with Gasteiger partial charge >= 0.3 is 0 Å². The summed E-state index contributed by atoms with van der Waals surface area (Å²) in [4.78, 5) is 2.61. The Morgan fingerprint density at radius 2 is 1.61 bits per heavy atom. The number of halogens is 2. The summed E-state index contributed by atoms with van der Waals surface area (Å²) in [5.41, 5.74) is 4.19. The van der Waals surface area contributed by atoms with E-state index in [0.717, 1.165) is 50.6 Å². The van der Waals surface area contributed by atoms with Crippen molar-refractivity contribution >= 4 is 24.8 Å². The number of piperidine rings is 1. The number of rotatable bonds is 6. The van der Waals surface area contributed by atoms with Crippen molar-refractivity contribution in [2.75, 3.05) is 40.5 Å². The van der Waals surface area contributed by atoms with E-state index in [1.165, 1.54) is 29.5 Å². The van der Waals surface area contributed by atoms with Crippen LogP contribution in [0.5, 0.6) is 11.5 Å². The zero-order chi connectivity index (χ0) is 21.8. The van der Waals surface area contributed by atoms with Gasteiger partial charge in [-0.15, -0.1) is 24.8 Å². The van der Waals surface area contributed by atoms with E-state index in [2.05, 4.69) is 61.2 Å². The number of fused-ring (bicyclic) bond motifs is 1. The van der Waals surface area contributed by atoms with Gasteiger partial charge in [-0.2, -0.15) is 0 Å². The fourth-order valence-electron chi connectivity index (χ4n) is 5.13. The van der Waals surface area contributed by atoms with Crippen molar-refractivity contribution in [2.24, 2.45) is 5.41 Å². The second kappa shape index (κ2) is 12.3. The first-order valence-electron chi connectivity index (χ1n) is 11.6. The summed E-state index contributed by atoms with van der Waals surface area (Å²) in [6, 6.07) is 15.3. The van der Waals surface area contributed by atoms with Crippen LogP contribution in [0.15, 0.2) is 42.5 Å². The fraction of sp³-hybridized carbons (Fsp3) is 0.556. The average molecular weight is 497 g/mol. The van der Waals surface area contributed by atoms with Crippen LogP contribution in [0.2, 0.25) is 0 Å². The second-order valence-electron chi connectivity index (χ2n) is 9.86. The van der Waals surface area contributed by atoms with E-state index in [9.17, 15) is 0 Å². The van der Waals surface area contributed by atoms with Gasteiger partial charge in [0.2, 0.25) is 0 Å². The first-order chi connectivity index (χ1) is 15.0. The molecule has 0 N–H and O–H groups in total. The number of likely N-dealkylation sites (tertiary alicyclic amines) is 1. The van der Waals surface area contributed by atoms with E-state index in [1.807, 2.05) is 0 Å². The molecule has 0 aromatic heterocycles. The lowest BCUT2D eigenvalue weighted by atomic mass is 9.85. The molecule has 0 aliphatic carbocycles. The lowest BCUT2D eigenvalue weighted by Gasteiger charge is -2.33. The molecule has 184 valence electrons. The summed E-state index contributed by atoms with van der Waals surface area (Å²) in [5.74, 6) is 2.30. The molecule has 0 saturated carbocycles. The van der Waals surface area contributed by atoms with Crippen LogP contribution in [-0.4, -0.2) is 45.4 Å². The lowest BCUT2D eigenvalue weighted by molar-refractivity contribution is 0.0000914. The molecule has 4 nitrogen and oxygen atoms in total. The van der Waals surface area contributed by atoms with Crippen molar-refractivity contribution in [1.82, 2.24) is 4.90 Å². The van der Waals surface area contributed by atoms with E-state index >= 15 is 0 Å². The topological polar surface area (TPSA) is 30.9 Å². The van der Waals surface area contributed by atoms with Crippen molar-refractivity contribution in [1.29, 1.82) is 0 Å². The van der Waals surface area contributed by atoms with Gasteiger partial charge in [0.05, 0.1) is 26.9 Å². The van der Waals surface area contributed by atoms with Gasteiger partial charge in [0.15, 0.2) is 11.5 Å². The predicted octanol–water partition coefficient (Wildman–Crippen LogP) is 6.46. The smallest absolute Gasteiger partial charge is 0.161 e. The summed E-state index contributed by atoms with van der Waals surface area (Å²) in [5, 5.41) is 0. The maximum atomic E-state index is 6.48. The number of hydrogen-bond donors (Lipinski definition) is 0. The molecule has 1 unspecified atom stereocenters. The van der Waals surface area contributed by atoms with Crippen molar-refractivity contribution in [3.05, 3.63) is 59.2 Å². The van der Waals surface area contributed by atoms with E-state index in [4.69, 9.17) is 14.2 Å². The monoisotopic (exact) mass is 495 g/mol. The van der Waals surface area contributed by atoms with Crippen molar-refractivity contribution < 1.29 is 14.2 Å². The SMILES string of the molecule is COc1cc2c(cc1OC)C(CCN1CCC(c3ccccc3)CC1)OCC(C)(C)C2.Cl.Cl. The Balaban J connectivity index is 0.00000193. The van der Waals surface area contributed by atoms with Gasteiger partial charge in [0, 0.05) is 6.54 Å². The lowest BCUT2D eigenvalue weighted by Crippen LogP contribution is -2.34. The predicted molar refractivity (Wildman–Crippen MR) is 140 cm³/mol. The number of benzene rings is 2. The molecular formula is C27H39Cl2NO3. The number of hydrogen-bond acceptors (Lipinski definition) is 4. The highest BCUT2D eigenvalue weighted by molar-refractivity contribution is 5.85. The Bertz CT molecular complexity index is 867. The maximum absolute atomic E-state index is 6.48. The normalized spacial score (nSPS) is 20.5. The molecule has 0 bridgehead atoms. The van der Waals surface area contributed by atoms with Gasteiger partial charge in [-0.1, -0.05) is 44.2 Å². The van der Waals surface area contributed by atoms with Crippen molar-refractivity contribution in [3.63, 3.8) is 0 Å². The fourth-order valence-corrected chi connectivity index (χ4v) is 5.13. The molecule has 0 amide bonds. The third kappa shape index (κ3) is 6.79. The van der Waals surface area contributed by atoms with E-state index in [1.54, 1.807) is 14.2 Å². The van der Waals surface area contributed by atoms with Gasteiger partial charge in [0.1, 0.15) is 0 Å². The highest BCUT2D eigenvalue weighted by atomic mass is 35.5. The van der Waals surface area contributed by atoms with Crippen LogP contribution < -0.4 is 9.47 Å². The van der Waals surface area contributed by atoms with Crippen LogP contribution in [0.1, 0.15) is 61.8 Å². The third-order valence-electron chi connectivity index (χ3n) is 6.90. The quantitative estimate of drug-likeness (QED) is 0.460. The van der Waals surface area contributed by atoms with Crippen LogP contribution in [-0.2, 0) is 11.2 Å². The molecule has 2 aliphatic rings. The van der Waals surface area contributed by atoms with Crippen LogP contribution >= 0.6 is 24.8 Å². The largest absolute Gasteiger partial charge is 0.493 e. The molecule has 1 saturated heterocycles. The minimum atomic E-state index is 0. The second-order valence-corrected chi connectivity index (χ2v) is 9.86. The zero-order valence-electron chi connectivity index (χ0n) is 20.3. The first-order valence-corrected chi connectivity index (χ1v) is 11.6. The molecule has 0 radical (unpaired) electrons. The molecular weight excluding hydrogens is 457 g/mol. The number of nitrogens with zero attached hydrogens (tertiary/aromatic N) is 1. The molecule has 2 aromatic carbocycles. The molecule has 33 heavy (non-hydrogen) atoms. The highest BCUT2D eigenvalue weighted by Gasteiger charge is 2.31. The van der Waals surface area contributed by atoms with Gasteiger partial charge in [-0.3, -0.25) is 0 Å². The van der Waals surface area contributed by atoms with Crippen LogP contribution in [0.3, 0.4) is 0 Å². The Kier molecular flexibility index (Phi) is 10.4. The highest BCUT2D eigenvalue weighted by Crippen LogP contribution is 2.41. The van der Waals surface area contributed by atoms with Gasteiger partial charge in [-0.25, -0.2) is 0 Å². The zero-order valence-corrected chi connectivity index (χ0v) is 22.0. The molecule has 1 atom stereocenters. The Hall–Kier alpha value is -1.46. The molecule has 2 aromatic rings. The number of ether oxygens (including phenoxy) is 3. The van der Waals surface area contributed by atoms with Gasteiger partial charge < -0.3 is 19.1 Å². The van der Waals surface area contributed by atoms with Crippen LogP contribution in [0.4, 0.5) is 0 Å². The van der Waals surface area contributed by atoms with Crippen LogP contribution in [0.25, 0.3) is 0 Å². The summed E-state index contributed by atoms with van der Waals surface area (Å²) in [6.07, 6.45) is 4.58. The standard InChI is InChI=1S/C27H37NO3.2ClH/c1-27(2)18-22-16-25(29-3)26(30-4)17-23(22)24(31-19-27)12-15-28-13-10-21(11-14-28)20-8-6-5-7-9-20;;/h5-9,16-17,21,24H,10-15,18-19H2,1-4H3;2*1H. The third-order valence-corrected chi connectivity index (χ3v) is 6.90. The van der Waals surface area contributed by atoms with Crippen LogP contribution in [0, 0.1) is 5.41 Å². The van der Waals surface area contributed by atoms with E-state index in [-0.39, 0.29) is 36.3 Å². The average Bonchev–Trinajstić information content (AvgIpc) is 2.92. The van der Waals surface area contributed by atoms with Gasteiger partial charge in [-0.05, 0) is 78.9 Å². The molecule has 2 heterocycles. The van der Waals surface area contributed by atoms with E-state index in [0.29, 0.717) is 5.92 Å². The molecule has 2 aliphatic heterocycles. The number of methoxy groups -OCH3 is 2. The molecule has 4 rings (SSSR count).